The summed E-state index contributed by atoms with van der Waals surface area (Å²) in [5, 5.41) is 8.33. The lowest BCUT2D eigenvalue weighted by Gasteiger charge is -2.13. The second kappa shape index (κ2) is 5.55. The molecular weight excluding hydrogens is 192 g/mol. The number of hydrogen-bond acceptors (Lipinski definition) is 3. The minimum atomic E-state index is -0.476. The van der Waals surface area contributed by atoms with Crippen LogP contribution in [0.1, 0.15) is 12.0 Å². The smallest absolute Gasteiger partial charge is 0.243 e. The van der Waals surface area contributed by atoms with Crippen molar-refractivity contribution in [1.29, 1.82) is 5.26 Å². The van der Waals surface area contributed by atoms with Crippen molar-refractivity contribution in [2.75, 3.05) is 0 Å². The van der Waals surface area contributed by atoms with E-state index in [0.29, 0.717) is 6.41 Å². The number of rotatable bonds is 4. The van der Waals surface area contributed by atoms with Gasteiger partial charge in [0.2, 0.25) is 12.3 Å². The molecule has 1 aromatic carbocycles. The van der Waals surface area contributed by atoms with Crippen LogP contribution < -0.4 is 0 Å². The van der Waals surface area contributed by atoms with Gasteiger partial charge in [-0.15, -0.1) is 0 Å². The Labute approximate surface area is 87.7 Å². The fourth-order valence-electron chi connectivity index (χ4n) is 1.13. The Bertz CT molecular complexity index is 381. The third-order valence-corrected chi connectivity index (χ3v) is 1.87. The Morgan fingerprint density at radius 2 is 2.07 bits per heavy atom. The van der Waals surface area contributed by atoms with E-state index in [4.69, 9.17) is 5.26 Å². The Hall–Kier alpha value is -2.15. The monoisotopic (exact) mass is 202 g/mol. The largest absolute Gasteiger partial charge is 0.280 e. The second-order valence-corrected chi connectivity index (χ2v) is 2.95. The van der Waals surface area contributed by atoms with Gasteiger partial charge in [0, 0.05) is 0 Å². The first-order valence-corrected chi connectivity index (χ1v) is 4.43. The van der Waals surface area contributed by atoms with Crippen molar-refractivity contribution in [3.63, 3.8) is 0 Å². The first-order valence-electron chi connectivity index (χ1n) is 4.43. The van der Waals surface area contributed by atoms with Crippen LogP contribution in [0, 0.1) is 11.3 Å². The molecule has 0 aliphatic rings. The number of hydrogen-bond donors (Lipinski definition) is 0. The highest BCUT2D eigenvalue weighted by Crippen LogP contribution is 2.03. The van der Waals surface area contributed by atoms with Crippen molar-refractivity contribution < 1.29 is 9.59 Å². The van der Waals surface area contributed by atoms with Gasteiger partial charge in [-0.25, -0.2) is 0 Å². The van der Waals surface area contributed by atoms with Crippen LogP contribution in [0.25, 0.3) is 0 Å². The summed E-state index contributed by atoms with van der Waals surface area (Å²) >= 11 is 0. The Morgan fingerprint density at radius 1 is 1.40 bits per heavy atom. The standard InChI is InChI=1S/C11H10N2O2/c12-7-6-11(15)13(9-14)8-10-4-2-1-3-5-10/h1-5,9H,6,8H2. The van der Waals surface area contributed by atoms with Crippen LogP contribution in [0.3, 0.4) is 0 Å². The van der Waals surface area contributed by atoms with Gasteiger partial charge in [0.1, 0.15) is 6.42 Å². The molecule has 1 rings (SSSR count). The zero-order valence-corrected chi connectivity index (χ0v) is 8.09. The Morgan fingerprint density at radius 3 is 2.60 bits per heavy atom. The van der Waals surface area contributed by atoms with E-state index in [9.17, 15) is 9.59 Å². The van der Waals surface area contributed by atoms with Crippen LogP contribution in [-0.4, -0.2) is 17.2 Å². The molecule has 0 saturated carbocycles. The lowest BCUT2D eigenvalue weighted by Crippen LogP contribution is -2.28. The van der Waals surface area contributed by atoms with Crippen LogP contribution in [0.15, 0.2) is 30.3 Å². The summed E-state index contributed by atoms with van der Waals surface area (Å²) in [6, 6.07) is 10.9. The minimum Gasteiger partial charge on any atom is -0.280 e. The van der Waals surface area contributed by atoms with Gasteiger partial charge in [0.25, 0.3) is 0 Å². The molecule has 1 aromatic rings. The van der Waals surface area contributed by atoms with Crippen molar-refractivity contribution in [2.45, 2.75) is 13.0 Å². The summed E-state index contributed by atoms with van der Waals surface area (Å²) in [5.74, 6) is -0.476. The van der Waals surface area contributed by atoms with Crippen molar-refractivity contribution in [3.8, 4) is 6.07 Å². The molecule has 0 aliphatic carbocycles. The van der Waals surface area contributed by atoms with E-state index in [2.05, 4.69) is 0 Å². The Kier molecular flexibility index (Phi) is 4.05. The summed E-state index contributed by atoms with van der Waals surface area (Å²) < 4.78 is 0. The van der Waals surface area contributed by atoms with Gasteiger partial charge in [0.15, 0.2) is 0 Å². The quantitative estimate of drug-likeness (QED) is 0.686. The molecule has 15 heavy (non-hydrogen) atoms. The maximum absolute atomic E-state index is 11.3. The van der Waals surface area contributed by atoms with Crippen LogP contribution in [0.5, 0.6) is 0 Å². The van der Waals surface area contributed by atoms with E-state index in [1.165, 1.54) is 0 Å². The molecule has 0 aliphatic heterocycles. The van der Waals surface area contributed by atoms with Gasteiger partial charge in [-0.1, -0.05) is 30.3 Å². The van der Waals surface area contributed by atoms with Gasteiger partial charge in [0.05, 0.1) is 12.6 Å². The maximum Gasteiger partial charge on any atom is 0.243 e. The number of benzene rings is 1. The molecule has 0 saturated heterocycles. The topological polar surface area (TPSA) is 61.2 Å². The average molecular weight is 202 g/mol. The summed E-state index contributed by atoms with van der Waals surface area (Å²) in [4.78, 5) is 22.9. The Balaban J connectivity index is 2.67. The maximum atomic E-state index is 11.3. The summed E-state index contributed by atoms with van der Waals surface area (Å²) in [5.41, 5.74) is 0.857. The van der Waals surface area contributed by atoms with Crippen molar-refractivity contribution in [1.82, 2.24) is 4.90 Å². The highest BCUT2D eigenvalue weighted by molar-refractivity contribution is 5.87. The molecule has 0 spiro atoms. The predicted molar refractivity (Wildman–Crippen MR) is 53.3 cm³/mol. The SMILES string of the molecule is N#CCC(=O)N(C=O)Cc1ccccc1. The minimum absolute atomic E-state index is 0.213. The van der Waals surface area contributed by atoms with Crippen molar-refractivity contribution in [3.05, 3.63) is 35.9 Å². The first-order chi connectivity index (χ1) is 7.27. The third kappa shape index (κ3) is 3.24. The summed E-state index contributed by atoms with van der Waals surface area (Å²) in [6.07, 6.45) is 0.179. The van der Waals surface area contributed by atoms with E-state index in [-0.39, 0.29) is 13.0 Å². The van der Waals surface area contributed by atoms with Gasteiger partial charge in [-0.3, -0.25) is 14.5 Å². The first kappa shape index (κ1) is 10.9. The van der Waals surface area contributed by atoms with Gasteiger partial charge < -0.3 is 0 Å². The molecule has 0 N–H and O–H groups in total. The fraction of sp³-hybridized carbons (Fsp3) is 0.182. The molecule has 76 valence electrons. The van der Waals surface area contributed by atoms with Crippen molar-refractivity contribution >= 4 is 12.3 Å². The lowest BCUT2D eigenvalue weighted by atomic mass is 10.2. The number of nitriles is 1. The van der Waals surface area contributed by atoms with E-state index in [1.54, 1.807) is 6.07 Å². The molecular formula is C11H10N2O2. The molecule has 0 bridgehead atoms. The predicted octanol–water partition coefficient (Wildman–Crippen LogP) is 1.09. The molecule has 4 heteroatoms. The lowest BCUT2D eigenvalue weighted by molar-refractivity contribution is -0.138. The zero-order chi connectivity index (χ0) is 11.1. The number of carbonyl (C=O) groups is 2. The molecule has 2 amide bonds. The number of carbonyl (C=O) groups excluding carboxylic acids is 2. The van der Waals surface area contributed by atoms with Crippen LogP contribution >= 0.6 is 0 Å². The molecule has 0 unspecified atom stereocenters. The van der Waals surface area contributed by atoms with E-state index in [1.807, 2.05) is 30.3 Å². The normalized spacial score (nSPS) is 9.00. The van der Waals surface area contributed by atoms with E-state index in [0.717, 1.165) is 10.5 Å². The summed E-state index contributed by atoms with van der Waals surface area (Å²) in [7, 11) is 0. The molecule has 0 radical (unpaired) electrons. The molecule has 0 heterocycles. The van der Waals surface area contributed by atoms with Crippen LogP contribution in [-0.2, 0) is 16.1 Å². The van der Waals surface area contributed by atoms with Gasteiger partial charge in [-0.05, 0) is 5.56 Å². The number of imide groups is 1. The highest BCUT2D eigenvalue weighted by Gasteiger charge is 2.11. The van der Waals surface area contributed by atoms with Crippen molar-refractivity contribution in [2.24, 2.45) is 0 Å². The molecule has 4 nitrogen and oxygen atoms in total. The third-order valence-electron chi connectivity index (χ3n) is 1.87. The number of amides is 2. The van der Waals surface area contributed by atoms with Gasteiger partial charge in [-0.2, -0.15) is 5.26 Å². The zero-order valence-electron chi connectivity index (χ0n) is 8.09. The summed E-state index contributed by atoms with van der Waals surface area (Å²) in [6.45, 7) is 0.213. The second-order valence-electron chi connectivity index (χ2n) is 2.95. The van der Waals surface area contributed by atoms with E-state index < -0.39 is 5.91 Å². The number of nitrogens with zero attached hydrogens (tertiary/aromatic N) is 2. The molecule has 0 atom stereocenters. The average Bonchev–Trinajstić information content (AvgIpc) is 2.27. The van der Waals surface area contributed by atoms with Crippen LogP contribution in [0.2, 0.25) is 0 Å². The molecule has 0 fully saturated rings. The molecule has 0 aromatic heterocycles. The highest BCUT2D eigenvalue weighted by atomic mass is 16.2. The van der Waals surface area contributed by atoms with E-state index >= 15 is 0 Å². The fourth-order valence-corrected chi connectivity index (χ4v) is 1.13. The van der Waals surface area contributed by atoms with Crippen LogP contribution in [0.4, 0.5) is 0 Å². The van der Waals surface area contributed by atoms with Gasteiger partial charge >= 0.3 is 0 Å².